The average molecular weight is 143 g/mol. The molecule has 48 valence electrons. The summed E-state index contributed by atoms with van der Waals surface area (Å²) < 4.78 is 0. The fourth-order valence-electron chi connectivity index (χ4n) is 1.56. The standard InChI is InChI=1S/C7H7ClO/c8-6-4-2-1-3-5(4)7(6)9/h1-2,4-6H,3H2/t4-,5+,6-/m1/s1. The third kappa shape index (κ3) is 0.531. The monoisotopic (exact) mass is 142 g/mol. The molecule has 2 heteroatoms. The Morgan fingerprint density at radius 3 is 3.11 bits per heavy atom. The second kappa shape index (κ2) is 1.60. The van der Waals surface area contributed by atoms with Crippen LogP contribution < -0.4 is 0 Å². The van der Waals surface area contributed by atoms with Crippen molar-refractivity contribution in [1.29, 1.82) is 0 Å². The van der Waals surface area contributed by atoms with Gasteiger partial charge in [0, 0.05) is 11.8 Å². The number of hydrogen-bond donors (Lipinski definition) is 0. The minimum absolute atomic E-state index is 0.200. The molecule has 0 aromatic heterocycles. The van der Waals surface area contributed by atoms with Crippen molar-refractivity contribution < 1.29 is 4.79 Å². The summed E-state index contributed by atoms with van der Waals surface area (Å²) in [6.07, 6.45) is 5.03. The summed E-state index contributed by atoms with van der Waals surface area (Å²) in [5, 5.41) is -0.200. The van der Waals surface area contributed by atoms with Gasteiger partial charge in [-0.15, -0.1) is 11.6 Å². The Hall–Kier alpha value is -0.300. The van der Waals surface area contributed by atoms with Crippen molar-refractivity contribution in [2.75, 3.05) is 0 Å². The number of Topliss-reactive ketones (excluding diaryl/α,β-unsaturated/α-hetero) is 1. The molecule has 1 fully saturated rings. The second-order valence-corrected chi connectivity index (χ2v) is 3.12. The van der Waals surface area contributed by atoms with E-state index in [1.54, 1.807) is 0 Å². The lowest BCUT2D eigenvalue weighted by Crippen LogP contribution is -2.45. The Balaban J connectivity index is 2.21. The second-order valence-electron chi connectivity index (χ2n) is 2.65. The smallest absolute Gasteiger partial charge is 0.155 e. The molecule has 0 spiro atoms. The van der Waals surface area contributed by atoms with Gasteiger partial charge < -0.3 is 0 Å². The number of hydrogen-bond acceptors (Lipinski definition) is 1. The number of ketones is 1. The summed E-state index contributed by atoms with van der Waals surface area (Å²) in [5.41, 5.74) is 0. The fourth-order valence-corrected chi connectivity index (χ4v) is 1.98. The van der Waals surface area contributed by atoms with Crippen LogP contribution in [-0.2, 0) is 4.79 Å². The van der Waals surface area contributed by atoms with Gasteiger partial charge >= 0.3 is 0 Å². The minimum Gasteiger partial charge on any atom is -0.298 e. The first kappa shape index (κ1) is 5.48. The lowest BCUT2D eigenvalue weighted by molar-refractivity contribution is -0.130. The molecule has 0 unspecified atom stereocenters. The molecule has 0 saturated heterocycles. The Morgan fingerprint density at radius 1 is 1.67 bits per heavy atom. The van der Waals surface area contributed by atoms with Crippen molar-refractivity contribution in [2.24, 2.45) is 11.8 Å². The molecule has 0 aromatic rings. The van der Waals surface area contributed by atoms with Crippen LogP contribution in [0.1, 0.15) is 6.42 Å². The van der Waals surface area contributed by atoms with E-state index < -0.39 is 0 Å². The summed E-state index contributed by atoms with van der Waals surface area (Å²) in [7, 11) is 0. The van der Waals surface area contributed by atoms with Crippen molar-refractivity contribution in [1.82, 2.24) is 0 Å². The molecule has 3 atom stereocenters. The first-order chi connectivity index (χ1) is 4.30. The van der Waals surface area contributed by atoms with E-state index in [9.17, 15) is 4.79 Å². The van der Waals surface area contributed by atoms with Gasteiger partial charge in [-0.1, -0.05) is 12.2 Å². The number of alkyl halides is 1. The lowest BCUT2D eigenvalue weighted by atomic mass is 9.74. The summed E-state index contributed by atoms with van der Waals surface area (Å²) >= 11 is 5.70. The van der Waals surface area contributed by atoms with E-state index in [4.69, 9.17) is 11.6 Å². The van der Waals surface area contributed by atoms with Crippen LogP contribution in [0.3, 0.4) is 0 Å². The van der Waals surface area contributed by atoms with Crippen LogP contribution in [0.5, 0.6) is 0 Å². The number of carbonyl (C=O) groups excluding carboxylic acids is 1. The molecule has 1 saturated carbocycles. The highest BCUT2D eigenvalue weighted by Gasteiger charge is 2.48. The SMILES string of the molecule is O=C1[C@H]2CC=C[C@H]2[C@H]1Cl. The number of allylic oxidation sites excluding steroid dienone is 2. The Labute approximate surface area is 58.7 Å². The molecule has 1 nitrogen and oxygen atoms in total. The zero-order chi connectivity index (χ0) is 6.43. The molecular weight excluding hydrogens is 136 g/mol. The molecule has 0 bridgehead atoms. The van der Waals surface area contributed by atoms with Crippen molar-refractivity contribution in [3.63, 3.8) is 0 Å². The summed E-state index contributed by atoms with van der Waals surface area (Å²) in [6, 6.07) is 0. The largest absolute Gasteiger partial charge is 0.298 e. The zero-order valence-corrected chi connectivity index (χ0v) is 5.64. The lowest BCUT2D eigenvalue weighted by Gasteiger charge is -2.33. The van der Waals surface area contributed by atoms with Crippen LogP contribution in [0.4, 0.5) is 0 Å². The van der Waals surface area contributed by atoms with Crippen LogP contribution >= 0.6 is 11.6 Å². The predicted octanol–water partition coefficient (Wildman–Crippen LogP) is 1.37. The first-order valence-electron chi connectivity index (χ1n) is 3.15. The molecule has 0 radical (unpaired) electrons. The van der Waals surface area contributed by atoms with Crippen LogP contribution in [0.15, 0.2) is 12.2 Å². The van der Waals surface area contributed by atoms with Crippen molar-refractivity contribution in [3.05, 3.63) is 12.2 Å². The number of rotatable bonds is 0. The maximum Gasteiger partial charge on any atom is 0.155 e. The third-order valence-corrected chi connectivity index (χ3v) is 2.69. The van der Waals surface area contributed by atoms with Gasteiger partial charge in [0.2, 0.25) is 0 Å². The van der Waals surface area contributed by atoms with Gasteiger partial charge in [-0.05, 0) is 6.42 Å². The minimum atomic E-state index is -0.200. The van der Waals surface area contributed by atoms with Gasteiger partial charge in [0.05, 0.1) is 5.38 Å². The zero-order valence-electron chi connectivity index (χ0n) is 4.88. The van der Waals surface area contributed by atoms with Gasteiger partial charge in [-0.2, -0.15) is 0 Å². The van der Waals surface area contributed by atoms with Crippen LogP contribution in [0, 0.1) is 11.8 Å². The predicted molar refractivity (Wildman–Crippen MR) is 35.4 cm³/mol. The molecular formula is C7H7ClO. The highest BCUT2D eigenvalue weighted by Crippen LogP contribution is 2.42. The van der Waals surface area contributed by atoms with Gasteiger partial charge in [0.1, 0.15) is 0 Å². The molecule has 2 aliphatic rings. The molecule has 0 heterocycles. The van der Waals surface area contributed by atoms with E-state index in [0.29, 0.717) is 5.92 Å². The maximum absolute atomic E-state index is 10.9. The van der Waals surface area contributed by atoms with Crippen molar-refractivity contribution >= 4 is 17.4 Å². The highest BCUT2D eigenvalue weighted by molar-refractivity contribution is 6.34. The molecule has 9 heavy (non-hydrogen) atoms. The van der Waals surface area contributed by atoms with Crippen molar-refractivity contribution in [3.8, 4) is 0 Å². The van der Waals surface area contributed by atoms with E-state index >= 15 is 0 Å². The van der Waals surface area contributed by atoms with Gasteiger partial charge in [0.25, 0.3) is 0 Å². The van der Waals surface area contributed by atoms with E-state index in [1.165, 1.54) is 0 Å². The first-order valence-corrected chi connectivity index (χ1v) is 3.59. The van der Waals surface area contributed by atoms with Gasteiger partial charge in [-0.25, -0.2) is 0 Å². The number of carbonyl (C=O) groups is 1. The van der Waals surface area contributed by atoms with Crippen LogP contribution in [0.25, 0.3) is 0 Å². The fraction of sp³-hybridized carbons (Fsp3) is 0.571. The molecule has 0 amide bonds. The molecule has 0 aliphatic heterocycles. The third-order valence-electron chi connectivity index (χ3n) is 2.19. The van der Waals surface area contributed by atoms with Crippen molar-refractivity contribution in [2.45, 2.75) is 11.8 Å². The quantitative estimate of drug-likeness (QED) is 0.369. The van der Waals surface area contributed by atoms with E-state index in [-0.39, 0.29) is 17.1 Å². The van der Waals surface area contributed by atoms with Gasteiger partial charge in [-0.3, -0.25) is 4.79 Å². The highest BCUT2D eigenvalue weighted by atomic mass is 35.5. The Kier molecular flexibility index (Phi) is 0.974. The summed E-state index contributed by atoms with van der Waals surface area (Å²) in [5.74, 6) is 0.873. The Bertz CT molecular complexity index is 185. The van der Waals surface area contributed by atoms with Crippen LogP contribution in [0.2, 0.25) is 0 Å². The molecule has 2 rings (SSSR count). The Morgan fingerprint density at radius 2 is 2.44 bits per heavy atom. The van der Waals surface area contributed by atoms with E-state index in [1.807, 2.05) is 0 Å². The molecule has 2 aliphatic carbocycles. The van der Waals surface area contributed by atoms with E-state index in [0.717, 1.165) is 6.42 Å². The number of halogens is 1. The van der Waals surface area contributed by atoms with E-state index in [2.05, 4.69) is 12.2 Å². The maximum atomic E-state index is 10.9. The van der Waals surface area contributed by atoms with Crippen LogP contribution in [-0.4, -0.2) is 11.2 Å². The molecule has 0 aromatic carbocycles. The molecule has 0 N–H and O–H groups in total. The topological polar surface area (TPSA) is 17.1 Å². The van der Waals surface area contributed by atoms with Gasteiger partial charge in [0.15, 0.2) is 5.78 Å². The number of fused-ring (bicyclic) bond motifs is 1. The summed E-state index contributed by atoms with van der Waals surface area (Å²) in [4.78, 5) is 10.9. The summed E-state index contributed by atoms with van der Waals surface area (Å²) in [6.45, 7) is 0. The normalized spacial score (nSPS) is 46.8. The average Bonchev–Trinajstić information content (AvgIpc) is 2.30.